The molecule has 0 aromatic heterocycles. The van der Waals surface area contributed by atoms with E-state index in [4.69, 9.17) is 13.9 Å². The molecule has 2 unspecified atom stereocenters. The van der Waals surface area contributed by atoms with Crippen molar-refractivity contribution in [2.24, 2.45) is 0 Å². The largest absolute Gasteiger partial charge is 0.497 e. The second-order valence-electron chi connectivity index (χ2n) is 5.97. The van der Waals surface area contributed by atoms with Crippen LogP contribution in [-0.2, 0) is 15.8 Å². The molecule has 0 saturated heterocycles. The summed E-state index contributed by atoms with van der Waals surface area (Å²) in [7, 11) is -0.0548. The predicted octanol–water partition coefficient (Wildman–Crippen LogP) is 3.44. The van der Waals surface area contributed by atoms with Crippen molar-refractivity contribution in [2.75, 3.05) is 13.7 Å². The van der Waals surface area contributed by atoms with E-state index >= 15 is 0 Å². The molecule has 0 spiro atoms. The van der Waals surface area contributed by atoms with Crippen LogP contribution in [0.25, 0.3) is 0 Å². The number of benzene rings is 1. The van der Waals surface area contributed by atoms with Crippen molar-refractivity contribution in [1.82, 2.24) is 0 Å². The summed E-state index contributed by atoms with van der Waals surface area (Å²) in [5, 5.41) is 10.3. The normalized spacial score (nSPS) is 20.6. The van der Waals surface area contributed by atoms with Gasteiger partial charge in [-0.2, -0.15) is 0 Å². The first kappa shape index (κ1) is 18.2. The third-order valence-corrected chi connectivity index (χ3v) is 8.46. The second kappa shape index (κ2) is 8.64. The minimum Gasteiger partial charge on any atom is -0.497 e. The summed E-state index contributed by atoms with van der Waals surface area (Å²) in [5.74, 6) is 0.842. The van der Waals surface area contributed by atoms with Gasteiger partial charge >= 0.3 is 0 Å². The highest BCUT2D eigenvalue weighted by Gasteiger charge is 2.37. The average Bonchev–Trinajstić information content (AvgIpc) is 3.04. The van der Waals surface area contributed by atoms with E-state index < -0.39 is 14.4 Å². The molecular weight excluding hydrogens is 308 g/mol. The lowest BCUT2D eigenvalue weighted by Gasteiger charge is -2.26. The number of aliphatic hydroxyl groups is 1. The predicted molar refractivity (Wildman–Crippen MR) is 94.0 cm³/mol. The summed E-state index contributed by atoms with van der Waals surface area (Å²) < 4.78 is 16.9. The Morgan fingerprint density at radius 2 is 1.91 bits per heavy atom. The van der Waals surface area contributed by atoms with Crippen molar-refractivity contribution in [3.05, 3.63) is 41.6 Å². The molecule has 2 rings (SSSR count). The van der Waals surface area contributed by atoms with Crippen LogP contribution in [0.2, 0.25) is 12.1 Å². The molecule has 2 atom stereocenters. The maximum Gasteiger partial charge on any atom is 0.217 e. The highest BCUT2D eigenvalue weighted by Crippen LogP contribution is 2.28. The van der Waals surface area contributed by atoms with Gasteiger partial charge in [-0.25, -0.2) is 0 Å². The minimum absolute atomic E-state index is 0.161. The van der Waals surface area contributed by atoms with E-state index in [1.165, 1.54) is 0 Å². The molecule has 0 amide bonds. The number of ether oxygens (including phenoxy) is 2. The maximum absolute atomic E-state index is 10.3. The smallest absolute Gasteiger partial charge is 0.217 e. The van der Waals surface area contributed by atoms with Crippen molar-refractivity contribution >= 4 is 8.32 Å². The Morgan fingerprint density at radius 3 is 2.48 bits per heavy atom. The van der Waals surface area contributed by atoms with Crippen molar-refractivity contribution in [3.63, 3.8) is 0 Å². The van der Waals surface area contributed by atoms with Crippen LogP contribution >= 0.6 is 0 Å². The molecule has 0 bridgehead atoms. The summed E-state index contributed by atoms with van der Waals surface area (Å²) >= 11 is 0. The molecule has 0 fully saturated rings. The Balaban J connectivity index is 1.69. The van der Waals surface area contributed by atoms with Gasteiger partial charge in [0.2, 0.25) is 8.32 Å². The zero-order chi connectivity index (χ0) is 16.7. The molecule has 4 nitrogen and oxygen atoms in total. The maximum atomic E-state index is 10.3. The van der Waals surface area contributed by atoms with Crippen molar-refractivity contribution < 1.29 is 19.0 Å². The Morgan fingerprint density at radius 1 is 1.22 bits per heavy atom. The minimum atomic E-state index is -1.71. The van der Waals surface area contributed by atoms with Gasteiger partial charge in [0.15, 0.2) is 0 Å². The molecule has 128 valence electrons. The molecule has 1 aliphatic heterocycles. The van der Waals surface area contributed by atoms with E-state index in [0.29, 0.717) is 19.6 Å². The van der Waals surface area contributed by atoms with Gasteiger partial charge < -0.3 is 19.0 Å². The molecule has 5 heteroatoms. The highest BCUT2D eigenvalue weighted by atomic mass is 28.4. The molecule has 0 aliphatic carbocycles. The SMILES string of the molecule is CC[Si]1(CC)C=CC(C(O)CCOCc2ccc(OC)cc2)O1. The number of hydrogen-bond acceptors (Lipinski definition) is 4. The van der Waals surface area contributed by atoms with Gasteiger partial charge in [0.1, 0.15) is 5.75 Å². The summed E-state index contributed by atoms with van der Waals surface area (Å²) in [6, 6.07) is 9.95. The van der Waals surface area contributed by atoms with E-state index in [2.05, 4.69) is 19.5 Å². The average molecular weight is 337 g/mol. The van der Waals surface area contributed by atoms with E-state index in [1.54, 1.807) is 7.11 Å². The number of rotatable bonds is 9. The van der Waals surface area contributed by atoms with Crippen molar-refractivity contribution in [2.45, 2.75) is 51.2 Å². The molecule has 1 N–H and O–H groups in total. The molecule has 0 radical (unpaired) electrons. The van der Waals surface area contributed by atoms with Gasteiger partial charge in [0, 0.05) is 6.61 Å². The van der Waals surface area contributed by atoms with Crippen LogP contribution in [0.5, 0.6) is 5.75 Å². The van der Waals surface area contributed by atoms with Crippen molar-refractivity contribution in [3.8, 4) is 5.75 Å². The van der Waals surface area contributed by atoms with Gasteiger partial charge in [-0.1, -0.05) is 37.8 Å². The van der Waals surface area contributed by atoms with Crippen LogP contribution in [0, 0.1) is 0 Å². The number of methoxy groups -OCH3 is 1. The fourth-order valence-electron chi connectivity index (χ4n) is 2.76. The Labute approximate surface area is 140 Å². The van der Waals surface area contributed by atoms with Crippen LogP contribution in [0.1, 0.15) is 25.8 Å². The van der Waals surface area contributed by atoms with E-state index in [0.717, 1.165) is 23.4 Å². The molecule has 23 heavy (non-hydrogen) atoms. The van der Waals surface area contributed by atoms with Crippen LogP contribution in [0.3, 0.4) is 0 Å². The summed E-state index contributed by atoms with van der Waals surface area (Å²) in [4.78, 5) is 0. The topological polar surface area (TPSA) is 47.9 Å². The lowest BCUT2D eigenvalue weighted by molar-refractivity contribution is 0.0246. The summed E-state index contributed by atoms with van der Waals surface area (Å²) in [6.07, 6.45) is 1.98. The number of hydrogen-bond donors (Lipinski definition) is 1. The second-order valence-corrected chi connectivity index (χ2v) is 10.1. The van der Waals surface area contributed by atoms with Gasteiger partial charge in [-0.3, -0.25) is 0 Å². The van der Waals surface area contributed by atoms with E-state index in [9.17, 15) is 5.11 Å². The van der Waals surface area contributed by atoms with Gasteiger partial charge in [0.25, 0.3) is 0 Å². The van der Waals surface area contributed by atoms with Crippen molar-refractivity contribution in [1.29, 1.82) is 0 Å². The molecule has 1 aromatic carbocycles. The van der Waals surface area contributed by atoms with Gasteiger partial charge in [-0.05, 0) is 36.2 Å². The van der Waals surface area contributed by atoms with E-state index in [1.807, 2.05) is 30.3 Å². The first-order valence-corrected chi connectivity index (χ1v) is 10.8. The standard InChI is InChI=1S/C18H28O4Si/c1-4-23(5-2)13-11-18(22-23)17(19)10-12-21-14-15-6-8-16(20-3)9-7-15/h6-9,11,13,17-19H,4-5,10,12,14H2,1-3H3. The monoisotopic (exact) mass is 336 g/mol. The molecule has 0 saturated carbocycles. The Bertz CT molecular complexity index is 496. The van der Waals surface area contributed by atoms with Crippen LogP contribution in [0.4, 0.5) is 0 Å². The lowest BCUT2D eigenvalue weighted by Crippen LogP contribution is -2.37. The van der Waals surface area contributed by atoms with Crippen LogP contribution in [0.15, 0.2) is 36.0 Å². The van der Waals surface area contributed by atoms with Gasteiger partial charge in [0.05, 0.1) is 25.9 Å². The number of aliphatic hydroxyl groups excluding tert-OH is 1. The fourth-order valence-corrected chi connectivity index (χ4v) is 5.46. The van der Waals surface area contributed by atoms with E-state index in [-0.39, 0.29) is 6.10 Å². The third-order valence-electron chi connectivity index (χ3n) is 4.52. The molecular formula is C18H28O4Si. The zero-order valence-electron chi connectivity index (χ0n) is 14.3. The Hall–Kier alpha value is -1.14. The quantitative estimate of drug-likeness (QED) is 0.554. The van der Waals surface area contributed by atoms with Crippen LogP contribution < -0.4 is 4.74 Å². The zero-order valence-corrected chi connectivity index (χ0v) is 15.3. The molecule has 1 aromatic rings. The van der Waals surface area contributed by atoms with Crippen LogP contribution in [-0.4, -0.2) is 39.3 Å². The fraction of sp³-hybridized carbons (Fsp3) is 0.556. The molecule has 1 aliphatic rings. The first-order chi connectivity index (χ1) is 11.1. The highest BCUT2D eigenvalue weighted by molar-refractivity contribution is 6.79. The molecule has 1 heterocycles. The van der Waals surface area contributed by atoms with Gasteiger partial charge in [-0.15, -0.1) is 0 Å². The Kier molecular flexibility index (Phi) is 6.83. The first-order valence-electron chi connectivity index (χ1n) is 8.38. The summed E-state index contributed by atoms with van der Waals surface area (Å²) in [6.45, 7) is 5.41. The summed E-state index contributed by atoms with van der Waals surface area (Å²) in [5.41, 5.74) is 3.33. The third kappa shape index (κ3) is 4.91. The lowest BCUT2D eigenvalue weighted by atomic mass is 10.1.